The molecule has 36 heavy (non-hydrogen) atoms. The number of thioether (sulfide) groups is 1. The monoisotopic (exact) mass is 536 g/mol. The van der Waals surface area contributed by atoms with Gasteiger partial charge in [-0.2, -0.15) is 0 Å². The zero-order chi connectivity index (χ0) is 25.4. The Hall–Kier alpha value is -2.14. The molecule has 2 heterocycles. The van der Waals surface area contributed by atoms with Gasteiger partial charge in [0.05, 0.1) is 17.3 Å². The number of halogens is 1. The molecule has 1 aliphatic heterocycles. The molecule has 1 saturated heterocycles. The van der Waals surface area contributed by atoms with Crippen molar-refractivity contribution in [3.63, 3.8) is 0 Å². The molecule has 2 saturated carbocycles. The minimum absolute atomic E-state index is 0.0227. The smallest absolute Gasteiger partial charge is 0.233 e. The van der Waals surface area contributed by atoms with Gasteiger partial charge in [-0.3, -0.25) is 9.36 Å². The molecule has 1 amide bonds. The Labute approximate surface area is 215 Å². The summed E-state index contributed by atoms with van der Waals surface area (Å²) >= 11 is 1.31. The fraction of sp³-hybridized carbons (Fsp3) is 0.640. The van der Waals surface area contributed by atoms with E-state index >= 15 is 0 Å². The molecule has 2 aromatic rings. The summed E-state index contributed by atoms with van der Waals surface area (Å²) in [6.07, 6.45) is 5.48. The zero-order valence-electron chi connectivity index (χ0n) is 20.7. The number of amides is 1. The maximum Gasteiger partial charge on any atom is 0.233 e. The van der Waals surface area contributed by atoms with E-state index in [2.05, 4.69) is 21.7 Å². The second kappa shape index (κ2) is 10.3. The van der Waals surface area contributed by atoms with Crippen LogP contribution in [0.5, 0.6) is 5.75 Å². The fourth-order valence-corrected chi connectivity index (χ4v) is 8.95. The molecule has 1 aromatic heterocycles. The molecule has 5 rings (SSSR count). The largest absolute Gasteiger partial charge is 0.483 e. The third-order valence-electron chi connectivity index (χ3n) is 8.22. The summed E-state index contributed by atoms with van der Waals surface area (Å²) in [5.41, 5.74) is 0. The Morgan fingerprint density at radius 2 is 2.06 bits per heavy atom. The highest BCUT2D eigenvalue weighted by atomic mass is 32.2. The Bertz CT molecular complexity index is 1220. The number of nitrogens with zero attached hydrogens (tertiary/aromatic N) is 4. The Kier molecular flexibility index (Phi) is 7.31. The number of rotatable bonds is 9. The standard InChI is InChI=1S/C25H33FN4O4S2/c1-16(20-12-17-7-8-18(20)11-17)30-23(13-34-22-6-4-3-5-21(22)26)27-28-25(30)35-14-24(31)29(2)19-9-10-36(32,33)15-19/h3-6,16-20H,7-15H2,1-2H3/t16-,17+,18+,19+,20+/m1/s1. The minimum Gasteiger partial charge on any atom is -0.483 e. The maximum absolute atomic E-state index is 14.1. The van der Waals surface area contributed by atoms with Crippen LogP contribution in [0.1, 0.15) is 50.9 Å². The van der Waals surface area contributed by atoms with Crippen LogP contribution in [0.15, 0.2) is 29.4 Å². The molecule has 0 N–H and O–H groups in total. The predicted molar refractivity (Wildman–Crippen MR) is 135 cm³/mol. The summed E-state index contributed by atoms with van der Waals surface area (Å²) in [5, 5.41) is 9.41. The summed E-state index contributed by atoms with van der Waals surface area (Å²) in [6.45, 7) is 2.26. The molecule has 5 atom stereocenters. The van der Waals surface area contributed by atoms with Crippen molar-refractivity contribution in [2.24, 2.45) is 17.8 Å². The molecule has 0 spiro atoms. The van der Waals surface area contributed by atoms with Crippen molar-refractivity contribution < 1.29 is 22.3 Å². The molecule has 196 valence electrons. The second-order valence-corrected chi connectivity index (χ2v) is 13.6. The van der Waals surface area contributed by atoms with Gasteiger partial charge < -0.3 is 9.64 Å². The van der Waals surface area contributed by atoms with Gasteiger partial charge in [-0.1, -0.05) is 30.3 Å². The van der Waals surface area contributed by atoms with E-state index in [-0.39, 0.29) is 47.6 Å². The Morgan fingerprint density at radius 1 is 1.25 bits per heavy atom. The van der Waals surface area contributed by atoms with Gasteiger partial charge in [0.25, 0.3) is 0 Å². The lowest BCUT2D eigenvalue weighted by Crippen LogP contribution is -2.38. The average molecular weight is 537 g/mol. The van der Waals surface area contributed by atoms with Gasteiger partial charge in [0.1, 0.15) is 6.61 Å². The molecular weight excluding hydrogens is 503 g/mol. The SMILES string of the molecule is C[C@H]([C@@H]1C[C@H]2CC[C@H]1C2)n1c(COc2ccccc2F)nnc1SCC(=O)N(C)[C@H]1CCS(=O)(=O)C1. The minimum atomic E-state index is -3.07. The Balaban J connectivity index is 1.32. The lowest BCUT2D eigenvalue weighted by molar-refractivity contribution is -0.128. The van der Waals surface area contributed by atoms with Crippen LogP contribution in [0, 0.1) is 23.6 Å². The van der Waals surface area contributed by atoms with Gasteiger partial charge in [-0.15, -0.1) is 10.2 Å². The van der Waals surface area contributed by atoms with Gasteiger partial charge in [-0.25, -0.2) is 12.8 Å². The number of aromatic nitrogens is 3. The van der Waals surface area contributed by atoms with E-state index in [0.717, 1.165) is 5.92 Å². The number of ether oxygens (including phenoxy) is 1. The highest BCUT2D eigenvalue weighted by molar-refractivity contribution is 7.99. The van der Waals surface area contributed by atoms with E-state index < -0.39 is 15.7 Å². The fourth-order valence-electron chi connectivity index (χ4n) is 6.21. The van der Waals surface area contributed by atoms with Crippen molar-refractivity contribution in [2.75, 3.05) is 24.3 Å². The van der Waals surface area contributed by atoms with E-state index in [9.17, 15) is 17.6 Å². The zero-order valence-corrected chi connectivity index (χ0v) is 22.3. The van der Waals surface area contributed by atoms with Crippen LogP contribution < -0.4 is 4.74 Å². The lowest BCUT2D eigenvalue weighted by atomic mass is 9.84. The number of hydrogen-bond acceptors (Lipinski definition) is 7. The molecule has 1 aromatic carbocycles. The predicted octanol–water partition coefficient (Wildman–Crippen LogP) is 3.73. The number of carbonyl (C=O) groups is 1. The maximum atomic E-state index is 14.1. The molecule has 2 bridgehead atoms. The second-order valence-electron chi connectivity index (χ2n) is 10.4. The number of sulfone groups is 1. The highest BCUT2D eigenvalue weighted by Crippen LogP contribution is 2.52. The number of benzene rings is 1. The van der Waals surface area contributed by atoms with Gasteiger partial charge in [-0.05, 0) is 62.5 Å². The molecular formula is C25H33FN4O4S2. The van der Waals surface area contributed by atoms with Gasteiger partial charge in [0, 0.05) is 19.1 Å². The first-order valence-electron chi connectivity index (χ1n) is 12.6. The van der Waals surface area contributed by atoms with Crippen molar-refractivity contribution in [1.29, 1.82) is 0 Å². The average Bonchev–Trinajstić information content (AvgIpc) is 3.65. The van der Waals surface area contributed by atoms with Crippen molar-refractivity contribution >= 4 is 27.5 Å². The van der Waals surface area contributed by atoms with Crippen LogP contribution in [0.2, 0.25) is 0 Å². The third kappa shape index (κ3) is 5.27. The number of hydrogen-bond donors (Lipinski definition) is 0. The highest BCUT2D eigenvalue weighted by Gasteiger charge is 2.43. The van der Waals surface area contributed by atoms with E-state index in [1.165, 1.54) is 43.5 Å². The van der Waals surface area contributed by atoms with Gasteiger partial charge in [0.2, 0.25) is 5.91 Å². The number of para-hydroxylation sites is 1. The molecule has 3 aliphatic rings. The summed E-state index contributed by atoms with van der Waals surface area (Å²) in [4.78, 5) is 14.5. The third-order valence-corrected chi connectivity index (χ3v) is 10.9. The van der Waals surface area contributed by atoms with Crippen LogP contribution >= 0.6 is 11.8 Å². The van der Waals surface area contributed by atoms with Crippen molar-refractivity contribution in [1.82, 2.24) is 19.7 Å². The quantitative estimate of drug-likeness (QED) is 0.451. The summed E-state index contributed by atoms with van der Waals surface area (Å²) < 4.78 is 45.6. The van der Waals surface area contributed by atoms with Crippen molar-refractivity contribution in [3.8, 4) is 5.75 Å². The van der Waals surface area contributed by atoms with E-state index in [0.29, 0.717) is 29.2 Å². The first-order chi connectivity index (χ1) is 17.2. The van der Waals surface area contributed by atoms with Crippen LogP contribution in [0.25, 0.3) is 0 Å². The Morgan fingerprint density at radius 3 is 2.72 bits per heavy atom. The first kappa shape index (κ1) is 25.5. The van der Waals surface area contributed by atoms with E-state index in [1.807, 2.05) is 0 Å². The van der Waals surface area contributed by atoms with Crippen LogP contribution in [0.4, 0.5) is 4.39 Å². The molecule has 11 heteroatoms. The van der Waals surface area contributed by atoms with Crippen LogP contribution in [0.3, 0.4) is 0 Å². The van der Waals surface area contributed by atoms with E-state index in [4.69, 9.17) is 4.74 Å². The van der Waals surface area contributed by atoms with Crippen LogP contribution in [-0.4, -0.2) is 64.3 Å². The first-order valence-corrected chi connectivity index (χ1v) is 15.4. The van der Waals surface area contributed by atoms with Gasteiger partial charge >= 0.3 is 0 Å². The summed E-state index contributed by atoms with van der Waals surface area (Å²) in [5.74, 6) is 2.48. The molecule has 0 unspecified atom stereocenters. The molecule has 8 nitrogen and oxygen atoms in total. The summed E-state index contributed by atoms with van der Waals surface area (Å²) in [7, 11) is -1.40. The topological polar surface area (TPSA) is 94.4 Å². The number of fused-ring (bicyclic) bond motifs is 2. The molecule has 2 aliphatic carbocycles. The lowest BCUT2D eigenvalue weighted by Gasteiger charge is -2.30. The number of carbonyl (C=O) groups excluding carboxylic acids is 1. The van der Waals surface area contributed by atoms with Crippen LogP contribution in [-0.2, 0) is 21.2 Å². The molecule has 0 radical (unpaired) electrons. The van der Waals surface area contributed by atoms with Crippen molar-refractivity contribution in [3.05, 3.63) is 35.9 Å². The normalized spacial score (nSPS) is 27.3. The van der Waals surface area contributed by atoms with Crippen molar-refractivity contribution in [2.45, 2.75) is 62.9 Å². The van der Waals surface area contributed by atoms with Gasteiger partial charge in [0.15, 0.2) is 32.4 Å². The van der Waals surface area contributed by atoms with E-state index in [1.54, 1.807) is 30.1 Å². The molecule has 3 fully saturated rings. The summed E-state index contributed by atoms with van der Waals surface area (Å²) in [6, 6.07) is 6.13.